The summed E-state index contributed by atoms with van der Waals surface area (Å²) in [5.41, 5.74) is 6.99. The summed E-state index contributed by atoms with van der Waals surface area (Å²) in [7, 11) is 0. The molecule has 6 nitrogen and oxygen atoms in total. The van der Waals surface area contributed by atoms with Crippen molar-refractivity contribution in [3.63, 3.8) is 0 Å². The van der Waals surface area contributed by atoms with Gasteiger partial charge in [-0.15, -0.1) is 11.3 Å². The molecule has 1 fully saturated rings. The zero-order valence-electron chi connectivity index (χ0n) is 11.7. The van der Waals surface area contributed by atoms with Crippen LogP contribution in [0.4, 0.5) is 5.69 Å². The van der Waals surface area contributed by atoms with E-state index in [2.05, 4.69) is 15.3 Å². The second-order valence-electron chi connectivity index (χ2n) is 5.09. The van der Waals surface area contributed by atoms with Crippen LogP contribution < -0.4 is 11.1 Å². The highest BCUT2D eigenvalue weighted by atomic mass is 32.1. The maximum absolute atomic E-state index is 12.2. The standard InChI is InChI=1S/C14H18N4O2S/c15-10-11-14(18-7-6-16-11)21-12(10)13(19)17-5-4-9-3-1-2-8-20-9/h6-7,9H,1-5,8,15H2,(H,17,19). The van der Waals surface area contributed by atoms with Gasteiger partial charge in [0.1, 0.15) is 15.2 Å². The van der Waals surface area contributed by atoms with Gasteiger partial charge in [-0.05, 0) is 25.7 Å². The van der Waals surface area contributed by atoms with Crippen LogP contribution in [0.2, 0.25) is 0 Å². The Kier molecular flexibility index (Phi) is 4.31. The largest absolute Gasteiger partial charge is 0.396 e. The number of anilines is 1. The van der Waals surface area contributed by atoms with Crippen LogP contribution in [0.5, 0.6) is 0 Å². The molecule has 1 atom stereocenters. The Morgan fingerprint density at radius 2 is 2.29 bits per heavy atom. The second-order valence-corrected chi connectivity index (χ2v) is 6.09. The molecule has 3 heterocycles. The first kappa shape index (κ1) is 14.2. The lowest BCUT2D eigenvalue weighted by atomic mass is 10.1. The number of thiophene rings is 1. The summed E-state index contributed by atoms with van der Waals surface area (Å²) in [6, 6.07) is 0. The average Bonchev–Trinajstić information content (AvgIpc) is 2.86. The van der Waals surface area contributed by atoms with Gasteiger partial charge in [0.25, 0.3) is 5.91 Å². The lowest BCUT2D eigenvalue weighted by Crippen LogP contribution is -2.29. The molecule has 3 rings (SSSR count). The average molecular weight is 306 g/mol. The van der Waals surface area contributed by atoms with Crippen molar-refractivity contribution in [2.24, 2.45) is 0 Å². The third-order valence-corrected chi connectivity index (χ3v) is 4.70. The number of hydrogen-bond acceptors (Lipinski definition) is 6. The fourth-order valence-corrected chi connectivity index (χ4v) is 3.41. The van der Waals surface area contributed by atoms with Crippen molar-refractivity contribution < 1.29 is 9.53 Å². The van der Waals surface area contributed by atoms with Gasteiger partial charge in [-0.25, -0.2) is 9.97 Å². The zero-order chi connectivity index (χ0) is 14.7. The quantitative estimate of drug-likeness (QED) is 0.901. The molecule has 2 aromatic heterocycles. The molecule has 1 unspecified atom stereocenters. The Bertz CT molecular complexity index is 637. The van der Waals surface area contributed by atoms with E-state index in [-0.39, 0.29) is 12.0 Å². The molecule has 2 aromatic rings. The number of aromatic nitrogens is 2. The normalized spacial score (nSPS) is 18.8. The fourth-order valence-electron chi connectivity index (χ4n) is 2.47. The van der Waals surface area contributed by atoms with Crippen molar-refractivity contribution in [2.45, 2.75) is 31.8 Å². The number of nitrogen functional groups attached to an aromatic ring is 1. The van der Waals surface area contributed by atoms with Crippen LogP contribution >= 0.6 is 11.3 Å². The predicted octanol–water partition coefficient (Wildman–Crippen LogP) is 1.96. The first-order valence-corrected chi connectivity index (χ1v) is 7.96. The van der Waals surface area contributed by atoms with Crippen LogP contribution in [0, 0.1) is 0 Å². The van der Waals surface area contributed by atoms with Crippen LogP contribution in [0.1, 0.15) is 35.4 Å². The van der Waals surface area contributed by atoms with Crippen molar-refractivity contribution in [3.05, 3.63) is 17.3 Å². The van der Waals surface area contributed by atoms with Crippen molar-refractivity contribution in [1.29, 1.82) is 0 Å². The molecule has 1 aliphatic rings. The monoisotopic (exact) mass is 306 g/mol. The summed E-state index contributed by atoms with van der Waals surface area (Å²) in [4.78, 5) is 21.7. The molecule has 0 aliphatic carbocycles. The molecule has 0 aromatic carbocycles. The van der Waals surface area contributed by atoms with Crippen LogP contribution in [-0.2, 0) is 4.74 Å². The van der Waals surface area contributed by atoms with Crippen molar-refractivity contribution >= 4 is 33.3 Å². The number of nitrogens with zero attached hydrogens (tertiary/aromatic N) is 2. The van der Waals surface area contributed by atoms with E-state index in [9.17, 15) is 4.79 Å². The SMILES string of the molecule is Nc1c(C(=O)NCCC2CCCCO2)sc2nccnc12. The Balaban J connectivity index is 1.60. The maximum Gasteiger partial charge on any atom is 0.263 e. The minimum atomic E-state index is -0.159. The molecular formula is C14H18N4O2S. The maximum atomic E-state index is 12.2. The van der Waals surface area contributed by atoms with Crippen LogP contribution in [0.3, 0.4) is 0 Å². The van der Waals surface area contributed by atoms with Gasteiger partial charge in [0.15, 0.2) is 0 Å². The Morgan fingerprint density at radius 1 is 1.43 bits per heavy atom. The summed E-state index contributed by atoms with van der Waals surface area (Å²) >= 11 is 1.28. The number of nitrogens with two attached hydrogens (primary N) is 1. The lowest BCUT2D eigenvalue weighted by molar-refractivity contribution is 0.0117. The minimum absolute atomic E-state index is 0.159. The van der Waals surface area contributed by atoms with Gasteiger partial charge in [-0.2, -0.15) is 0 Å². The van der Waals surface area contributed by atoms with Crippen molar-refractivity contribution in [2.75, 3.05) is 18.9 Å². The number of carbonyl (C=O) groups is 1. The van der Waals surface area contributed by atoms with Crippen molar-refractivity contribution in [3.8, 4) is 0 Å². The van der Waals surface area contributed by atoms with E-state index in [1.54, 1.807) is 12.4 Å². The third kappa shape index (κ3) is 3.14. The Morgan fingerprint density at radius 3 is 3.05 bits per heavy atom. The second kappa shape index (κ2) is 6.36. The molecule has 112 valence electrons. The summed E-state index contributed by atoms with van der Waals surface area (Å²) < 4.78 is 5.64. The number of rotatable bonds is 4. The molecule has 0 saturated carbocycles. The van der Waals surface area contributed by atoms with Gasteiger partial charge in [-0.3, -0.25) is 4.79 Å². The first-order chi connectivity index (χ1) is 10.3. The van der Waals surface area contributed by atoms with Gasteiger partial charge in [0.2, 0.25) is 0 Å². The lowest BCUT2D eigenvalue weighted by Gasteiger charge is -2.22. The summed E-state index contributed by atoms with van der Waals surface area (Å²) in [5.74, 6) is -0.159. The van der Waals surface area contributed by atoms with Gasteiger partial charge in [0.05, 0.1) is 11.8 Å². The molecule has 0 bridgehead atoms. The number of amides is 1. The molecule has 7 heteroatoms. The zero-order valence-corrected chi connectivity index (χ0v) is 12.5. The van der Waals surface area contributed by atoms with Crippen LogP contribution in [0.25, 0.3) is 10.3 Å². The Labute approximate surface area is 126 Å². The molecule has 0 spiro atoms. The smallest absolute Gasteiger partial charge is 0.263 e. The van der Waals surface area contributed by atoms with E-state index in [0.717, 1.165) is 25.9 Å². The predicted molar refractivity (Wildman–Crippen MR) is 82.4 cm³/mol. The number of hydrogen-bond donors (Lipinski definition) is 2. The molecule has 1 saturated heterocycles. The molecule has 3 N–H and O–H groups in total. The van der Waals surface area contributed by atoms with Crippen LogP contribution in [0.15, 0.2) is 12.4 Å². The number of ether oxygens (including phenoxy) is 1. The first-order valence-electron chi connectivity index (χ1n) is 7.14. The van der Waals surface area contributed by atoms with Gasteiger partial charge < -0.3 is 15.8 Å². The Hall–Kier alpha value is -1.73. The van der Waals surface area contributed by atoms with E-state index in [1.165, 1.54) is 17.8 Å². The van der Waals surface area contributed by atoms with Gasteiger partial charge in [0, 0.05) is 25.5 Å². The van der Waals surface area contributed by atoms with E-state index in [4.69, 9.17) is 10.5 Å². The molecule has 0 radical (unpaired) electrons. The highest BCUT2D eigenvalue weighted by molar-refractivity contribution is 7.21. The highest BCUT2D eigenvalue weighted by Crippen LogP contribution is 2.30. The van der Waals surface area contributed by atoms with E-state index < -0.39 is 0 Å². The minimum Gasteiger partial charge on any atom is -0.396 e. The summed E-state index contributed by atoms with van der Waals surface area (Å²) in [6.45, 7) is 1.43. The third-order valence-electron chi connectivity index (χ3n) is 3.60. The molecule has 1 aliphatic heterocycles. The summed E-state index contributed by atoms with van der Waals surface area (Å²) in [5, 5.41) is 2.90. The van der Waals surface area contributed by atoms with Crippen molar-refractivity contribution in [1.82, 2.24) is 15.3 Å². The molecular weight excluding hydrogens is 288 g/mol. The van der Waals surface area contributed by atoms with Gasteiger partial charge >= 0.3 is 0 Å². The number of fused-ring (bicyclic) bond motifs is 1. The molecule has 21 heavy (non-hydrogen) atoms. The van der Waals surface area contributed by atoms with Gasteiger partial charge in [-0.1, -0.05) is 0 Å². The topological polar surface area (TPSA) is 90.1 Å². The van der Waals surface area contributed by atoms with E-state index in [0.29, 0.717) is 27.5 Å². The summed E-state index contributed by atoms with van der Waals surface area (Å²) in [6.07, 6.45) is 7.71. The number of carbonyl (C=O) groups excluding carboxylic acids is 1. The number of nitrogens with one attached hydrogen (secondary N) is 1. The highest BCUT2D eigenvalue weighted by Gasteiger charge is 2.18. The fraction of sp³-hybridized carbons (Fsp3) is 0.500. The van der Waals surface area contributed by atoms with E-state index in [1.807, 2.05) is 0 Å². The molecule has 1 amide bonds. The van der Waals surface area contributed by atoms with E-state index >= 15 is 0 Å². The van der Waals surface area contributed by atoms with Crippen LogP contribution in [-0.4, -0.2) is 35.1 Å².